The van der Waals surface area contributed by atoms with Gasteiger partial charge in [0.15, 0.2) is 12.3 Å². The monoisotopic (exact) mass is 324 g/mol. The van der Waals surface area contributed by atoms with Gasteiger partial charge in [0.1, 0.15) is 12.2 Å². The number of nitrogens with one attached hydrogen (secondary N) is 1. The molecular formula is C9H15N3O8P+. The van der Waals surface area contributed by atoms with Crippen LogP contribution < -0.4 is 17.0 Å². The second kappa shape index (κ2) is 5.46. The fourth-order valence-electron chi connectivity index (χ4n) is 2.05. The van der Waals surface area contributed by atoms with Gasteiger partial charge in [-0.2, -0.15) is 0 Å². The Morgan fingerprint density at radius 3 is 2.48 bits per heavy atom. The van der Waals surface area contributed by atoms with Gasteiger partial charge in [0.2, 0.25) is 5.78 Å². The molecule has 0 radical (unpaired) electrons. The van der Waals surface area contributed by atoms with Crippen molar-refractivity contribution in [1.29, 1.82) is 0 Å². The van der Waals surface area contributed by atoms with E-state index in [1.807, 2.05) is 4.98 Å². The van der Waals surface area contributed by atoms with E-state index < -0.39 is 49.2 Å². The van der Waals surface area contributed by atoms with Crippen LogP contribution in [-0.2, 0) is 9.30 Å². The zero-order chi connectivity index (χ0) is 15.9. The first-order chi connectivity index (χ1) is 9.62. The Kier molecular flexibility index (Phi) is 4.17. The number of rotatable bonds is 3. The minimum Gasteiger partial charge on any atom is -0.387 e. The van der Waals surface area contributed by atoms with Gasteiger partial charge in [0, 0.05) is 12.3 Å². The van der Waals surface area contributed by atoms with E-state index in [1.165, 1.54) is 0 Å². The summed E-state index contributed by atoms with van der Waals surface area (Å²) < 4.78 is 17.1. The molecule has 1 saturated heterocycles. The van der Waals surface area contributed by atoms with Crippen molar-refractivity contribution < 1.29 is 35.0 Å². The van der Waals surface area contributed by atoms with Crippen molar-refractivity contribution in [3.05, 3.63) is 33.1 Å². The van der Waals surface area contributed by atoms with E-state index in [9.17, 15) is 24.4 Å². The molecule has 8 N–H and O–H groups in total. The highest BCUT2D eigenvalue weighted by Crippen LogP contribution is 2.43. The number of aliphatic hydroxyl groups is 2. The third-order valence-corrected chi connectivity index (χ3v) is 4.37. The third-order valence-electron chi connectivity index (χ3n) is 3.21. The molecule has 0 saturated carbocycles. The average Bonchev–Trinajstić information content (AvgIpc) is 2.65. The molecule has 0 aromatic carbocycles. The molecular weight excluding hydrogens is 309 g/mol. The summed E-state index contributed by atoms with van der Waals surface area (Å²) in [5, 5.41) is 19.7. The summed E-state index contributed by atoms with van der Waals surface area (Å²) in [6.45, 7) is 0. The van der Waals surface area contributed by atoms with E-state index in [4.69, 9.17) is 14.5 Å². The highest BCUT2D eigenvalue weighted by molar-refractivity contribution is 7.52. The molecule has 118 valence electrons. The maximum absolute atomic E-state index is 11.6. The van der Waals surface area contributed by atoms with Crippen molar-refractivity contribution in [3.8, 4) is 0 Å². The second-order valence-corrected chi connectivity index (χ2v) is 6.49. The Hall–Kier alpha value is -1.33. The van der Waals surface area contributed by atoms with Crippen LogP contribution in [0, 0.1) is 0 Å². The predicted octanol–water partition coefficient (Wildman–Crippen LogP) is -4.10. The lowest BCUT2D eigenvalue weighted by Crippen LogP contribution is -2.67. The Bertz CT molecular complexity index is 680. The van der Waals surface area contributed by atoms with Crippen LogP contribution in [0.15, 0.2) is 21.9 Å². The fourth-order valence-corrected chi connectivity index (χ4v) is 2.68. The molecule has 1 aromatic heterocycles. The lowest BCUT2D eigenvalue weighted by Gasteiger charge is -2.19. The minimum absolute atomic E-state index is 0.661. The fraction of sp³-hybridized carbons (Fsp3) is 0.556. The van der Waals surface area contributed by atoms with Crippen molar-refractivity contribution in [2.45, 2.75) is 30.3 Å². The highest BCUT2D eigenvalue weighted by Gasteiger charge is 2.52. The van der Waals surface area contributed by atoms with E-state index in [2.05, 4.69) is 5.73 Å². The van der Waals surface area contributed by atoms with Crippen LogP contribution in [-0.4, -0.2) is 53.6 Å². The first kappa shape index (κ1) is 16.0. The molecule has 2 rings (SSSR count). The van der Waals surface area contributed by atoms with Gasteiger partial charge in [-0.05, 0) is 0 Å². The molecule has 1 aliphatic rings. The van der Waals surface area contributed by atoms with Crippen molar-refractivity contribution in [2.24, 2.45) is 0 Å². The van der Waals surface area contributed by atoms with Gasteiger partial charge in [-0.1, -0.05) is 0 Å². The predicted molar refractivity (Wildman–Crippen MR) is 66.0 cm³/mol. The molecule has 0 bridgehead atoms. The quantitative estimate of drug-likeness (QED) is 0.302. The molecule has 12 heteroatoms. The first-order valence-electron chi connectivity index (χ1n) is 5.84. The number of quaternary nitrogens is 1. The summed E-state index contributed by atoms with van der Waals surface area (Å²) in [5.41, 5.74) is 1.68. The Labute approximate surface area is 116 Å². The van der Waals surface area contributed by atoms with Crippen molar-refractivity contribution in [3.63, 3.8) is 0 Å². The van der Waals surface area contributed by atoms with E-state index in [1.54, 1.807) is 0 Å². The first-order valence-corrected chi connectivity index (χ1v) is 7.52. The average molecular weight is 324 g/mol. The number of hydrogen-bond acceptors (Lipinski definition) is 6. The van der Waals surface area contributed by atoms with Crippen molar-refractivity contribution in [1.82, 2.24) is 9.55 Å². The van der Waals surface area contributed by atoms with E-state index in [-0.39, 0.29) is 0 Å². The van der Waals surface area contributed by atoms with Crippen molar-refractivity contribution >= 4 is 7.60 Å². The highest BCUT2D eigenvalue weighted by atomic mass is 31.2. The van der Waals surface area contributed by atoms with Crippen LogP contribution in [0.25, 0.3) is 0 Å². The van der Waals surface area contributed by atoms with E-state index >= 15 is 0 Å². The number of aromatic nitrogens is 2. The molecule has 0 aliphatic carbocycles. The lowest BCUT2D eigenvalue weighted by atomic mass is 10.1. The van der Waals surface area contributed by atoms with Crippen molar-refractivity contribution in [2.75, 3.05) is 0 Å². The summed E-state index contributed by atoms with van der Waals surface area (Å²) in [6.07, 6.45) is -5.09. The van der Waals surface area contributed by atoms with Crippen LogP contribution in [0.4, 0.5) is 0 Å². The second-order valence-electron chi connectivity index (χ2n) is 4.65. The molecule has 1 aliphatic heterocycles. The van der Waals surface area contributed by atoms with Gasteiger partial charge < -0.3 is 30.5 Å². The van der Waals surface area contributed by atoms with E-state index in [0.717, 1.165) is 16.8 Å². The molecule has 0 amide bonds. The van der Waals surface area contributed by atoms with Gasteiger partial charge >= 0.3 is 13.3 Å². The number of aromatic amines is 1. The standard InChI is InChI=1S/C9H14N3O8P/c10-7(21(17,18)19)6-4(14)5(15)8(20-6)12-2-1-3(13)11-9(12)16/h1-2,4-8,14-15H,10H2,(H,11,13,16)(H2,17,18,19)/p+1/t4-,5+,6-,7+,8+/m0/s1. The molecule has 2 heterocycles. The molecule has 1 aromatic rings. The summed E-state index contributed by atoms with van der Waals surface area (Å²) in [6, 6.07) is 1.00. The zero-order valence-electron chi connectivity index (χ0n) is 10.6. The van der Waals surface area contributed by atoms with Crippen LogP contribution in [0.3, 0.4) is 0 Å². The summed E-state index contributed by atoms with van der Waals surface area (Å²) in [4.78, 5) is 42.6. The van der Waals surface area contributed by atoms with E-state index in [0.29, 0.717) is 0 Å². The number of hydrogen-bond donors (Lipinski definition) is 6. The Morgan fingerprint density at radius 1 is 1.33 bits per heavy atom. The largest absolute Gasteiger partial charge is 0.387 e. The SMILES string of the molecule is [NH3+][C@@H]([C@H]1O[C@@H](n2ccc(=O)[nH]c2=O)[C@H](O)[C@@H]1O)P(=O)(O)O. The summed E-state index contributed by atoms with van der Waals surface area (Å²) in [7, 11) is -4.66. The van der Waals surface area contributed by atoms with Crippen LogP contribution >= 0.6 is 7.60 Å². The lowest BCUT2D eigenvalue weighted by molar-refractivity contribution is -0.416. The molecule has 0 spiro atoms. The summed E-state index contributed by atoms with van der Waals surface area (Å²) >= 11 is 0. The van der Waals surface area contributed by atoms with Gasteiger partial charge in [-0.15, -0.1) is 0 Å². The van der Waals surface area contributed by atoms with Crippen LogP contribution in [0.5, 0.6) is 0 Å². The van der Waals surface area contributed by atoms with Gasteiger partial charge in [0.25, 0.3) is 5.56 Å². The molecule has 0 unspecified atom stereocenters. The Balaban J connectivity index is 2.34. The maximum Gasteiger partial charge on any atom is 0.385 e. The number of aliphatic hydroxyl groups excluding tert-OH is 2. The van der Waals surface area contributed by atoms with Gasteiger partial charge in [-0.3, -0.25) is 18.9 Å². The normalized spacial score (nSPS) is 31.3. The maximum atomic E-state index is 11.6. The van der Waals surface area contributed by atoms with Gasteiger partial charge in [0.05, 0.1) is 0 Å². The molecule has 21 heavy (non-hydrogen) atoms. The summed E-state index contributed by atoms with van der Waals surface area (Å²) in [5.74, 6) is -1.62. The minimum atomic E-state index is -4.66. The number of nitrogens with zero attached hydrogens (tertiary/aromatic N) is 1. The Morgan fingerprint density at radius 2 is 1.95 bits per heavy atom. The molecule has 1 fully saturated rings. The zero-order valence-corrected chi connectivity index (χ0v) is 11.5. The van der Waals surface area contributed by atoms with Crippen LogP contribution in [0.2, 0.25) is 0 Å². The molecule has 11 nitrogen and oxygen atoms in total. The smallest absolute Gasteiger partial charge is 0.385 e. The van der Waals surface area contributed by atoms with Crippen LogP contribution in [0.1, 0.15) is 6.23 Å². The number of ether oxygens (including phenoxy) is 1. The third kappa shape index (κ3) is 2.99. The number of H-pyrrole nitrogens is 1. The van der Waals surface area contributed by atoms with Gasteiger partial charge in [-0.25, -0.2) is 4.79 Å². The molecule has 5 atom stereocenters. The topological polar surface area (TPSA) is 190 Å².